The van der Waals surface area contributed by atoms with Gasteiger partial charge in [0.25, 0.3) is 10.0 Å². The summed E-state index contributed by atoms with van der Waals surface area (Å²) in [6, 6.07) is 7.94. The predicted molar refractivity (Wildman–Crippen MR) is 116 cm³/mol. The molecule has 1 amide bonds. The van der Waals surface area contributed by atoms with Crippen molar-refractivity contribution in [1.82, 2.24) is 9.62 Å². The van der Waals surface area contributed by atoms with Crippen LogP contribution in [0.1, 0.15) is 18.4 Å². The van der Waals surface area contributed by atoms with E-state index in [0.717, 1.165) is 0 Å². The molecule has 1 aliphatic heterocycles. The van der Waals surface area contributed by atoms with Crippen LogP contribution in [0.15, 0.2) is 39.9 Å². The summed E-state index contributed by atoms with van der Waals surface area (Å²) < 4.78 is 40.6. The highest BCUT2D eigenvalue weighted by atomic mass is 35.5. The minimum Gasteiger partial charge on any atom is -0.355 e. The molecule has 1 N–H and O–H groups in total. The first-order valence-corrected chi connectivity index (χ1v) is 13.1. The fourth-order valence-corrected chi connectivity index (χ4v) is 6.94. The number of thioether (sulfide) groups is 1. The summed E-state index contributed by atoms with van der Waals surface area (Å²) in [6.45, 7) is 1.17. The maximum Gasteiger partial charge on any atom is 0.252 e. The molecule has 0 saturated carbocycles. The molecule has 0 radical (unpaired) electrons. The summed E-state index contributed by atoms with van der Waals surface area (Å²) >= 11 is 8.70. The third-order valence-corrected chi connectivity index (χ3v) is 9.38. The van der Waals surface area contributed by atoms with Gasteiger partial charge in [-0.2, -0.15) is 16.1 Å². The van der Waals surface area contributed by atoms with Crippen molar-refractivity contribution < 1.29 is 17.6 Å². The van der Waals surface area contributed by atoms with Gasteiger partial charge in [0.05, 0.1) is 0 Å². The van der Waals surface area contributed by atoms with Crippen LogP contribution in [-0.2, 0) is 20.6 Å². The molecule has 3 rings (SSSR count). The Morgan fingerprint density at radius 2 is 2.03 bits per heavy atom. The van der Waals surface area contributed by atoms with Gasteiger partial charge in [-0.25, -0.2) is 12.8 Å². The van der Waals surface area contributed by atoms with Gasteiger partial charge in [0.1, 0.15) is 10.0 Å². The largest absolute Gasteiger partial charge is 0.355 e. The average molecular weight is 477 g/mol. The Hall–Kier alpha value is -1.13. The highest BCUT2D eigenvalue weighted by Crippen LogP contribution is 2.27. The number of thiophene rings is 1. The van der Waals surface area contributed by atoms with Gasteiger partial charge in [0, 0.05) is 47.6 Å². The number of rotatable bonds is 8. The number of benzene rings is 1. The molecule has 0 atom stereocenters. The van der Waals surface area contributed by atoms with Gasteiger partial charge in [0.2, 0.25) is 5.91 Å². The lowest BCUT2D eigenvalue weighted by Crippen LogP contribution is -2.43. The molecule has 0 unspecified atom stereocenters. The maximum absolute atomic E-state index is 13.7. The van der Waals surface area contributed by atoms with Gasteiger partial charge in [-0.1, -0.05) is 23.7 Å². The van der Waals surface area contributed by atoms with Crippen molar-refractivity contribution in [1.29, 1.82) is 0 Å². The molecule has 1 aromatic carbocycles. The Labute approximate surface area is 183 Å². The highest BCUT2D eigenvalue weighted by Gasteiger charge is 2.32. The summed E-state index contributed by atoms with van der Waals surface area (Å²) in [5, 5.41) is 5.05. The lowest BCUT2D eigenvalue weighted by molar-refractivity contribution is -0.125. The number of nitrogens with one attached hydrogen (secondary N) is 1. The first kappa shape index (κ1) is 22.6. The predicted octanol–water partition coefficient (Wildman–Crippen LogP) is 3.99. The van der Waals surface area contributed by atoms with Crippen molar-refractivity contribution in [2.45, 2.75) is 22.8 Å². The van der Waals surface area contributed by atoms with Crippen molar-refractivity contribution >= 4 is 50.6 Å². The first-order valence-electron chi connectivity index (χ1n) is 9.21. The zero-order valence-corrected chi connectivity index (χ0v) is 18.8. The van der Waals surface area contributed by atoms with E-state index in [0.29, 0.717) is 58.8 Å². The maximum atomic E-state index is 13.7. The van der Waals surface area contributed by atoms with E-state index in [1.807, 2.05) is 0 Å². The Morgan fingerprint density at radius 3 is 2.69 bits per heavy atom. The van der Waals surface area contributed by atoms with E-state index < -0.39 is 10.0 Å². The molecule has 1 aliphatic rings. The van der Waals surface area contributed by atoms with Crippen LogP contribution in [0.2, 0.25) is 5.02 Å². The van der Waals surface area contributed by atoms with E-state index in [4.69, 9.17) is 11.6 Å². The second kappa shape index (κ2) is 10.3. The van der Waals surface area contributed by atoms with E-state index in [9.17, 15) is 17.6 Å². The highest BCUT2D eigenvalue weighted by molar-refractivity contribution is 7.98. The van der Waals surface area contributed by atoms with Crippen molar-refractivity contribution in [3.63, 3.8) is 0 Å². The lowest BCUT2D eigenvalue weighted by atomic mass is 9.97. The van der Waals surface area contributed by atoms with Gasteiger partial charge in [0.15, 0.2) is 0 Å². The summed E-state index contributed by atoms with van der Waals surface area (Å²) in [5.41, 5.74) is 0.477. The molecule has 1 saturated heterocycles. The quantitative estimate of drug-likeness (QED) is 0.585. The number of hydrogen-bond acceptors (Lipinski definition) is 5. The summed E-state index contributed by atoms with van der Waals surface area (Å²) in [6.07, 6.45) is 1.02. The fourth-order valence-electron chi connectivity index (χ4n) is 3.13. The zero-order chi connectivity index (χ0) is 20.9. The Morgan fingerprint density at radius 1 is 1.28 bits per heavy atom. The topological polar surface area (TPSA) is 66.5 Å². The van der Waals surface area contributed by atoms with Crippen LogP contribution < -0.4 is 5.32 Å². The summed E-state index contributed by atoms with van der Waals surface area (Å²) in [5.74, 6) is 0.527. The van der Waals surface area contributed by atoms with E-state index >= 15 is 0 Å². The van der Waals surface area contributed by atoms with Gasteiger partial charge >= 0.3 is 0 Å². The van der Waals surface area contributed by atoms with Crippen LogP contribution in [0.5, 0.6) is 0 Å². The van der Waals surface area contributed by atoms with Crippen molar-refractivity contribution in [2.24, 2.45) is 5.92 Å². The fraction of sp³-hybridized carbons (Fsp3) is 0.421. The minimum atomic E-state index is -3.45. The third-order valence-electron chi connectivity index (χ3n) is 4.77. The van der Waals surface area contributed by atoms with Gasteiger partial charge in [-0.3, -0.25) is 4.79 Å². The van der Waals surface area contributed by atoms with E-state index in [-0.39, 0.29) is 17.6 Å². The average Bonchev–Trinajstić information content (AvgIpc) is 3.25. The summed E-state index contributed by atoms with van der Waals surface area (Å²) in [7, 11) is -3.45. The second-order valence-corrected chi connectivity index (χ2v) is 11.3. The van der Waals surface area contributed by atoms with Crippen LogP contribution in [0, 0.1) is 11.7 Å². The molecule has 2 heterocycles. The molecular formula is C19H22ClFN2O3S3. The normalized spacial score (nSPS) is 16.1. The standard InChI is InChI=1S/C19H22ClFN2O3S3/c20-16-3-1-4-17(21)15(16)13-27-12-8-22-19(24)14-6-9-23(10-7-14)29(25,26)18-5-2-11-28-18/h1-5,11,14H,6-10,12-13H2,(H,22,24). The molecule has 5 nitrogen and oxygen atoms in total. The van der Waals surface area contributed by atoms with Crippen molar-refractivity contribution in [2.75, 3.05) is 25.4 Å². The zero-order valence-electron chi connectivity index (χ0n) is 15.6. The van der Waals surface area contributed by atoms with Gasteiger partial charge < -0.3 is 5.32 Å². The molecular weight excluding hydrogens is 455 g/mol. The van der Waals surface area contributed by atoms with Crippen molar-refractivity contribution in [3.8, 4) is 0 Å². The SMILES string of the molecule is O=C(NCCSCc1c(F)cccc1Cl)C1CCN(S(=O)(=O)c2cccs2)CC1. The molecule has 0 bridgehead atoms. The molecule has 0 aliphatic carbocycles. The van der Waals surface area contributed by atoms with Crippen LogP contribution >= 0.6 is 34.7 Å². The Bertz CT molecular complexity index is 910. The van der Waals surface area contributed by atoms with E-state index in [2.05, 4.69) is 5.32 Å². The molecule has 0 spiro atoms. The number of piperidine rings is 1. The molecule has 1 fully saturated rings. The van der Waals surface area contributed by atoms with Crippen LogP contribution in [0.25, 0.3) is 0 Å². The smallest absolute Gasteiger partial charge is 0.252 e. The first-order chi connectivity index (χ1) is 13.9. The molecule has 1 aromatic heterocycles. The van der Waals surface area contributed by atoms with E-state index in [1.54, 1.807) is 29.6 Å². The molecule has 29 heavy (non-hydrogen) atoms. The number of hydrogen-bond donors (Lipinski definition) is 1. The van der Waals surface area contributed by atoms with Gasteiger partial charge in [-0.15, -0.1) is 11.3 Å². The lowest BCUT2D eigenvalue weighted by Gasteiger charge is -2.30. The second-order valence-electron chi connectivity index (χ2n) is 6.65. The number of carbonyl (C=O) groups excluding carboxylic acids is 1. The minimum absolute atomic E-state index is 0.0531. The van der Waals surface area contributed by atoms with Crippen LogP contribution in [0.3, 0.4) is 0 Å². The van der Waals surface area contributed by atoms with E-state index in [1.165, 1.54) is 33.5 Å². The third kappa shape index (κ3) is 5.73. The molecule has 2 aromatic rings. The van der Waals surface area contributed by atoms with Crippen LogP contribution in [-0.4, -0.2) is 44.0 Å². The number of carbonyl (C=O) groups is 1. The van der Waals surface area contributed by atoms with Crippen LogP contribution in [0.4, 0.5) is 4.39 Å². The molecule has 10 heteroatoms. The number of sulfonamides is 1. The molecule has 158 valence electrons. The Balaban J connectivity index is 1.38. The number of halogens is 2. The summed E-state index contributed by atoms with van der Waals surface area (Å²) in [4.78, 5) is 12.4. The number of amides is 1. The van der Waals surface area contributed by atoms with Gasteiger partial charge in [-0.05, 0) is 36.4 Å². The Kier molecular flexibility index (Phi) is 7.98. The monoisotopic (exact) mass is 476 g/mol. The van der Waals surface area contributed by atoms with Crippen molar-refractivity contribution in [3.05, 3.63) is 52.1 Å². The number of nitrogens with zero attached hydrogens (tertiary/aromatic N) is 1.